The van der Waals surface area contributed by atoms with Gasteiger partial charge in [0.1, 0.15) is 5.82 Å². The molecule has 1 aliphatic heterocycles. The van der Waals surface area contributed by atoms with E-state index in [2.05, 4.69) is 20.4 Å². The molecule has 1 amide bonds. The first-order valence-corrected chi connectivity index (χ1v) is 10.9. The number of nitrogens with zero attached hydrogens (tertiary/aromatic N) is 4. The fourth-order valence-electron chi connectivity index (χ4n) is 3.40. The van der Waals surface area contributed by atoms with E-state index in [1.807, 2.05) is 11.5 Å². The zero-order valence-corrected chi connectivity index (χ0v) is 17.8. The number of hydrogen-bond donors (Lipinski definition) is 1. The molecule has 0 bridgehead atoms. The van der Waals surface area contributed by atoms with Gasteiger partial charge in [-0.2, -0.15) is 0 Å². The third-order valence-corrected chi connectivity index (χ3v) is 5.68. The number of rotatable bonds is 9. The fourth-order valence-corrected chi connectivity index (χ4v) is 4.18. The summed E-state index contributed by atoms with van der Waals surface area (Å²) in [5.74, 6) is 0.636. The second kappa shape index (κ2) is 10.7. The average molecular weight is 422 g/mol. The van der Waals surface area contributed by atoms with Gasteiger partial charge >= 0.3 is 0 Å². The van der Waals surface area contributed by atoms with E-state index in [0.717, 1.165) is 24.6 Å². The van der Waals surface area contributed by atoms with Crippen LogP contribution in [0.25, 0.3) is 5.69 Å². The van der Waals surface area contributed by atoms with Crippen molar-refractivity contribution in [2.45, 2.75) is 43.9 Å². The van der Waals surface area contributed by atoms with E-state index in [-0.39, 0.29) is 23.5 Å². The molecule has 1 fully saturated rings. The van der Waals surface area contributed by atoms with Crippen LogP contribution in [-0.2, 0) is 16.1 Å². The predicted octanol–water partition coefficient (Wildman–Crippen LogP) is 2.64. The van der Waals surface area contributed by atoms with Gasteiger partial charge in [0.25, 0.3) is 0 Å². The highest BCUT2D eigenvalue weighted by molar-refractivity contribution is 7.99. The monoisotopic (exact) mass is 421 g/mol. The SMILES string of the molecule is COCC(C)NC(=O)CSc1nnc(CN2CCCCC2)n1-c1ccc(F)cc1. The molecule has 1 aliphatic rings. The number of carbonyl (C=O) groups excluding carboxylic acids is 1. The lowest BCUT2D eigenvalue weighted by molar-refractivity contribution is -0.119. The van der Waals surface area contributed by atoms with E-state index in [4.69, 9.17) is 4.74 Å². The summed E-state index contributed by atoms with van der Waals surface area (Å²) < 4.78 is 20.4. The Hall–Kier alpha value is -1.97. The number of carbonyl (C=O) groups is 1. The summed E-state index contributed by atoms with van der Waals surface area (Å²) in [6.45, 7) is 5.12. The minimum atomic E-state index is -0.292. The van der Waals surface area contributed by atoms with Crippen LogP contribution in [0.4, 0.5) is 4.39 Å². The Morgan fingerprint density at radius 3 is 2.66 bits per heavy atom. The molecule has 1 unspecified atom stereocenters. The Bertz CT molecular complexity index is 793. The average Bonchev–Trinajstić information content (AvgIpc) is 3.10. The molecule has 158 valence electrons. The van der Waals surface area contributed by atoms with Gasteiger partial charge < -0.3 is 10.1 Å². The summed E-state index contributed by atoms with van der Waals surface area (Å²) >= 11 is 1.32. The first-order chi connectivity index (χ1) is 14.1. The van der Waals surface area contributed by atoms with Crippen molar-refractivity contribution >= 4 is 17.7 Å². The van der Waals surface area contributed by atoms with Crippen molar-refractivity contribution < 1.29 is 13.9 Å². The number of thioether (sulfide) groups is 1. The predicted molar refractivity (Wildman–Crippen MR) is 111 cm³/mol. The summed E-state index contributed by atoms with van der Waals surface area (Å²) in [4.78, 5) is 14.6. The van der Waals surface area contributed by atoms with Crippen LogP contribution in [0.3, 0.4) is 0 Å². The van der Waals surface area contributed by atoms with Crippen LogP contribution in [0.2, 0.25) is 0 Å². The smallest absolute Gasteiger partial charge is 0.230 e. The molecule has 9 heteroatoms. The first-order valence-electron chi connectivity index (χ1n) is 9.90. The molecule has 2 aromatic rings. The molecular formula is C20H28FN5O2S. The Morgan fingerprint density at radius 1 is 1.24 bits per heavy atom. The quantitative estimate of drug-likeness (QED) is 0.628. The zero-order chi connectivity index (χ0) is 20.6. The maximum absolute atomic E-state index is 13.4. The lowest BCUT2D eigenvalue weighted by atomic mass is 10.1. The van der Waals surface area contributed by atoms with Gasteiger partial charge in [-0.25, -0.2) is 4.39 Å². The topological polar surface area (TPSA) is 72.3 Å². The van der Waals surface area contributed by atoms with Gasteiger partial charge in [0.15, 0.2) is 11.0 Å². The molecule has 29 heavy (non-hydrogen) atoms. The summed E-state index contributed by atoms with van der Waals surface area (Å²) in [5, 5.41) is 12.2. The van der Waals surface area contributed by atoms with E-state index in [0.29, 0.717) is 18.3 Å². The van der Waals surface area contributed by atoms with Crippen LogP contribution in [0.5, 0.6) is 0 Å². The van der Waals surface area contributed by atoms with Gasteiger partial charge in [0, 0.05) is 18.8 Å². The van der Waals surface area contributed by atoms with Crippen LogP contribution < -0.4 is 5.32 Å². The number of aromatic nitrogens is 3. The number of likely N-dealkylation sites (tertiary alicyclic amines) is 1. The van der Waals surface area contributed by atoms with E-state index >= 15 is 0 Å². The highest BCUT2D eigenvalue weighted by Gasteiger charge is 2.20. The van der Waals surface area contributed by atoms with Gasteiger partial charge in [0.05, 0.1) is 18.9 Å². The van der Waals surface area contributed by atoms with Gasteiger partial charge in [-0.15, -0.1) is 10.2 Å². The van der Waals surface area contributed by atoms with Crippen molar-refractivity contribution in [1.29, 1.82) is 0 Å². The number of halogens is 1. The van der Waals surface area contributed by atoms with Crippen molar-refractivity contribution in [3.8, 4) is 5.69 Å². The molecule has 0 saturated carbocycles. The highest BCUT2D eigenvalue weighted by atomic mass is 32.2. The molecule has 0 aliphatic carbocycles. The van der Waals surface area contributed by atoms with Crippen molar-refractivity contribution in [3.05, 3.63) is 35.9 Å². The molecule has 0 spiro atoms. The second-order valence-corrected chi connectivity index (χ2v) is 8.20. The van der Waals surface area contributed by atoms with Crippen molar-refractivity contribution in [2.24, 2.45) is 0 Å². The van der Waals surface area contributed by atoms with Crippen molar-refractivity contribution in [3.63, 3.8) is 0 Å². The third kappa shape index (κ3) is 6.25. The van der Waals surface area contributed by atoms with E-state index < -0.39 is 0 Å². The van der Waals surface area contributed by atoms with Crippen molar-refractivity contribution in [2.75, 3.05) is 32.6 Å². The lowest BCUT2D eigenvalue weighted by Crippen LogP contribution is -2.36. The molecule has 1 saturated heterocycles. The van der Waals surface area contributed by atoms with Crippen LogP contribution in [0, 0.1) is 5.82 Å². The summed E-state index contributed by atoms with van der Waals surface area (Å²) in [6, 6.07) is 6.21. The van der Waals surface area contributed by atoms with Gasteiger partial charge in [-0.1, -0.05) is 18.2 Å². The largest absolute Gasteiger partial charge is 0.383 e. The fraction of sp³-hybridized carbons (Fsp3) is 0.550. The Kier molecular flexibility index (Phi) is 8.02. The first kappa shape index (κ1) is 21.7. The van der Waals surface area contributed by atoms with E-state index in [1.165, 1.54) is 43.2 Å². The molecule has 1 aromatic carbocycles. The maximum Gasteiger partial charge on any atom is 0.230 e. The number of benzene rings is 1. The van der Waals surface area contributed by atoms with Gasteiger partial charge in [-0.3, -0.25) is 14.3 Å². The Labute approximate surface area is 175 Å². The van der Waals surface area contributed by atoms with Gasteiger partial charge in [-0.05, 0) is 57.1 Å². The van der Waals surface area contributed by atoms with Crippen LogP contribution in [0.15, 0.2) is 29.4 Å². The Morgan fingerprint density at radius 2 is 1.97 bits per heavy atom. The number of nitrogens with one attached hydrogen (secondary N) is 1. The number of methoxy groups -OCH3 is 1. The molecule has 0 radical (unpaired) electrons. The molecule has 7 nitrogen and oxygen atoms in total. The normalized spacial score (nSPS) is 16.0. The molecule has 2 heterocycles. The van der Waals surface area contributed by atoms with Crippen molar-refractivity contribution in [1.82, 2.24) is 25.0 Å². The maximum atomic E-state index is 13.4. The molecule has 1 aromatic heterocycles. The van der Waals surface area contributed by atoms with E-state index in [1.54, 1.807) is 19.2 Å². The van der Waals surface area contributed by atoms with Gasteiger partial charge in [0.2, 0.25) is 5.91 Å². The zero-order valence-electron chi connectivity index (χ0n) is 16.9. The minimum absolute atomic E-state index is 0.0577. The highest BCUT2D eigenvalue weighted by Crippen LogP contribution is 2.24. The summed E-state index contributed by atoms with van der Waals surface area (Å²) in [5.41, 5.74) is 0.791. The Balaban J connectivity index is 1.75. The summed E-state index contributed by atoms with van der Waals surface area (Å²) in [7, 11) is 1.60. The summed E-state index contributed by atoms with van der Waals surface area (Å²) in [6.07, 6.45) is 3.64. The minimum Gasteiger partial charge on any atom is -0.383 e. The third-order valence-electron chi connectivity index (χ3n) is 4.76. The lowest BCUT2D eigenvalue weighted by Gasteiger charge is -2.26. The molecule has 1 N–H and O–H groups in total. The van der Waals surface area contributed by atoms with Crippen LogP contribution >= 0.6 is 11.8 Å². The molecule has 1 atom stereocenters. The number of amides is 1. The molecule has 3 rings (SSSR count). The van der Waals surface area contributed by atoms with Crippen LogP contribution in [-0.4, -0.2) is 64.2 Å². The van der Waals surface area contributed by atoms with E-state index in [9.17, 15) is 9.18 Å². The van der Waals surface area contributed by atoms with Crippen LogP contribution in [0.1, 0.15) is 32.0 Å². The second-order valence-electron chi connectivity index (χ2n) is 7.26. The number of piperidine rings is 1. The molecular weight excluding hydrogens is 393 g/mol. The number of hydrogen-bond acceptors (Lipinski definition) is 6. The number of ether oxygens (including phenoxy) is 1. The standard InChI is InChI=1S/C20H28FN5O2S/c1-15(13-28-2)22-19(27)14-29-20-24-23-18(12-25-10-4-3-5-11-25)26(20)17-8-6-16(21)7-9-17/h6-9,15H,3-5,10-14H2,1-2H3,(H,22,27).